The van der Waals surface area contributed by atoms with Crippen molar-refractivity contribution in [1.82, 2.24) is 10.2 Å². The molecule has 2 rings (SSSR count). The van der Waals surface area contributed by atoms with E-state index in [-0.39, 0.29) is 5.69 Å². The number of ether oxygens (including phenoxy) is 1. The van der Waals surface area contributed by atoms with E-state index >= 15 is 0 Å². The molecule has 0 saturated heterocycles. The van der Waals surface area contributed by atoms with Crippen molar-refractivity contribution in [3.8, 4) is 5.75 Å². The number of halogens is 1. The SMILES string of the molecule is C=C(C)COc1ccc(Br)cc1CN(CC)c1ccc(C(=O)O)nn1. The van der Waals surface area contributed by atoms with Crippen molar-refractivity contribution >= 4 is 27.7 Å². The van der Waals surface area contributed by atoms with Crippen LogP contribution in [0.25, 0.3) is 0 Å². The van der Waals surface area contributed by atoms with Crippen molar-refractivity contribution in [2.75, 3.05) is 18.1 Å². The van der Waals surface area contributed by atoms with Gasteiger partial charge in [0.25, 0.3) is 0 Å². The summed E-state index contributed by atoms with van der Waals surface area (Å²) in [6, 6.07) is 8.94. The minimum atomic E-state index is -1.09. The van der Waals surface area contributed by atoms with Crippen LogP contribution < -0.4 is 9.64 Å². The largest absolute Gasteiger partial charge is 0.489 e. The minimum Gasteiger partial charge on any atom is -0.489 e. The number of carboxylic acids is 1. The highest BCUT2D eigenvalue weighted by Crippen LogP contribution is 2.26. The lowest BCUT2D eigenvalue weighted by molar-refractivity contribution is 0.0689. The van der Waals surface area contributed by atoms with Crippen LogP contribution in [0.4, 0.5) is 5.82 Å². The number of benzene rings is 1. The van der Waals surface area contributed by atoms with Gasteiger partial charge in [0.15, 0.2) is 11.5 Å². The number of carbonyl (C=O) groups is 1. The summed E-state index contributed by atoms with van der Waals surface area (Å²) < 4.78 is 6.78. The molecule has 1 aromatic carbocycles. The number of rotatable bonds is 8. The Kier molecular flexibility index (Phi) is 6.52. The molecule has 1 heterocycles. The molecule has 0 unspecified atom stereocenters. The van der Waals surface area contributed by atoms with Crippen LogP contribution in [0.5, 0.6) is 5.75 Å². The third kappa shape index (κ3) is 5.29. The van der Waals surface area contributed by atoms with Gasteiger partial charge in [-0.2, -0.15) is 0 Å². The third-order valence-corrected chi connectivity index (χ3v) is 3.93. The monoisotopic (exact) mass is 405 g/mol. The molecule has 25 heavy (non-hydrogen) atoms. The zero-order valence-electron chi connectivity index (χ0n) is 14.2. The average Bonchev–Trinajstić information content (AvgIpc) is 2.58. The fourth-order valence-corrected chi connectivity index (χ4v) is 2.59. The molecule has 6 nitrogen and oxygen atoms in total. The van der Waals surface area contributed by atoms with E-state index in [0.29, 0.717) is 25.5 Å². The highest BCUT2D eigenvalue weighted by Gasteiger charge is 2.13. The second kappa shape index (κ2) is 8.62. The first kappa shape index (κ1) is 18.9. The maximum absolute atomic E-state index is 10.9. The first-order valence-electron chi connectivity index (χ1n) is 7.78. The molecule has 0 bridgehead atoms. The third-order valence-electron chi connectivity index (χ3n) is 3.43. The summed E-state index contributed by atoms with van der Waals surface area (Å²) in [5.74, 6) is 0.294. The summed E-state index contributed by atoms with van der Waals surface area (Å²) in [5.41, 5.74) is 1.85. The Bertz CT molecular complexity index is 763. The van der Waals surface area contributed by atoms with Crippen LogP contribution >= 0.6 is 15.9 Å². The number of carboxylic acid groups (broad SMARTS) is 1. The second-order valence-corrected chi connectivity index (χ2v) is 6.51. The fraction of sp³-hybridized carbons (Fsp3) is 0.278. The van der Waals surface area contributed by atoms with Crippen LogP contribution in [0.2, 0.25) is 0 Å². The minimum absolute atomic E-state index is 0.0762. The van der Waals surface area contributed by atoms with Gasteiger partial charge in [0.1, 0.15) is 12.4 Å². The highest BCUT2D eigenvalue weighted by atomic mass is 79.9. The zero-order chi connectivity index (χ0) is 18.4. The van der Waals surface area contributed by atoms with Gasteiger partial charge in [-0.15, -0.1) is 10.2 Å². The predicted molar refractivity (Wildman–Crippen MR) is 100 cm³/mol. The van der Waals surface area contributed by atoms with Gasteiger partial charge < -0.3 is 14.7 Å². The molecule has 0 radical (unpaired) electrons. The molecule has 0 atom stereocenters. The first-order valence-corrected chi connectivity index (χ1v) is 8.57. The van der Waals surface area contributed by atoms with Gasteiger partial charge in [0.05, 0.1) is 0 Å². The lowest BCUT2D eigenvalue weighted by atomic mass is 10.2. The standard InChI is InChI=1S/C18H20BrN3O3/c1-4-22(17-8-6-15(18(23)24)20-21-17)10-13-9-14(19)5-7-16(13)25-11-12(2)3/h5-9H,2,4,10-11H2,1,3H3,(H,23,24). The molecule has 0 aliphatic rings. The lowest BCUT2D eigenvalue weighted by Crippen LogP contribution is -2.24. The number of hydrogen-bond acceptors (Lipinski definition) is 5. The van der Waals surface area contributed by atoms with E-state index in [2.05, 4.69) is 32.7 Å². The van der Waals surface area contributed by atoms with Gasteiger partial charge >= 0.3 is 5.97 Å². The van der Waals surface area contributed by atoms with Gasteiger partial charge in [0, 0.05) is 23.1 Å². The van der Waals surface area contributed by atoms with Crippen LogP contribution in [0.15, 0.2) is 47.0 Å². The van der Waals surface area contributed by atoms with E-state index in [0.717, 1.165) is 21.4 Å². The summed E-state index contributed by atoms with van der Waals surface area (Å²) in [6.45, 7) is 9.46. The van der Waals surface area contributed by atoms with Crippen molar-refractivity contribution in [3.05, 3.63) is 58.2 Å². The summed E-state index contributed by atoms with van der Waals surface area (Å²) >= 11 is 3.49. The van der Waals surface area contributed by atoms with Crippen molar-refractivity contribution < 1.29 is 14.6 Å². The summed E-state index contributed by atoms with van der Waals surface area (Å²) in [4.78, 5) is 12.9. The van der Waals surface area contributed by atoms with Gasteiger partial charge in [-0.05, 0) is 49.8 Å². The van der Waals surface area contributed by atoms with Gasteiger partial charge in [-0.1, -0.05) is 22.5 Å². The Morgan fingerprint density at radius 1 is 1.32 bits per heavy atom. The highest BCUT2D eigenvalue weighted by molar-refractivity contribution is 9.10. The van der Waals surface area contributed by atoms with Crippen LogP contribution in [-0.4, -0.2) is 34.4 Å². The number of hydrogen-bond donors (Lipinski definition) is 1. The van der Waals surface area contributed by atoms with E-state index < -0.39 is 5.97 Å². The smallest absolute Gasteiger partial charge is 0.356 e. The van der Waals surface area contributed by atoms with Crippen LogP contribution in [0.1, 0.15) is 29.9 Å². The van der Waals surface area contributed by atoms with Crippen LogP contribution in [0.3, 0.4) is 0 Å². The molecule has 1 N–H and O–H groups in total. The molecular weight excluding hydrogens is 386 g/mol. The Morgan fingerprint density at radius 3 is 2.64 bits per heavy atom. The van der Waals surface area contributed by atoms with E-state index in [1.54, 1.807) is 6.07 Å². The van der Waals surface area contributed by atoms with Gasteiger partial charge in [-0.3, -0.25) is 0 Å². The molecule has 132 valence electrons. The van der Waals surface area contributed by atoms with E-state index in [1.165, 1.54) is 6.07 Å². The normalized spacial score (nSPS) is 10.4. The van der Waals surface area contributed by atoms with Gasteiger partial charge in [-0.25, -0.2) is 4.79 Å². The fourth-order valence-electron chi connectivity index (χ4n) is 2.18. The molecule has 0 fully saturated rings. The summed E-state index contributed by atoms with van der Waals surface area (Å²) in [5, 5.41) is 16.7. The maximum atomic E-state index is 10.9. The van der Waals surface area contributed by atoms with E-state index in [1.807, 2.05) is 36.9 Å². The van der Waals surface area contributed by atoms with Gasteiger partial charge in [0.2, 0.25) is 0 Å². The molecular formula is C18H20BrN3O3. The Balaban J connectivity index is 2.24. The number of aromatic carboxylic acids is 1. The maximum Gasteiger partial charge on any atom is 0.356 e. The average molecular weight is 406 g/mol. The molecule has 7 heteroatoms. The van der Waals surface area contributed by atoms with E-state index in [9.17, 15) is 4.79 Å². The molecule has 0 saturated carbocycles. The predicted octanol–water partition coefficient (Wildman–Crippen LogP) is 3.92. The van der Waals surface area contributed by atoms with Crippen molar-refractivity contribution in [2.24, 2.45) is 0 Å². The van der Waals surface area contributed by atoms with E-state index in [4.69, 9.17) is 9.84 Å². The Labute approximate surface area is 155 Å². The number of aromatic nitrogens is 2. The van der Waals surface area contributed by atoms with Crippen molar-refractivity contribution in [3.63, 3.8) is 0 Å². The van der Waals surface area contributed by atoms with Crippen LogP contribution in [0, 0.1) is 0 Å². The number of nitrogens with zero attached hydrogens (tertiary/aromatic N) is 3. The summed E-state index contributed by atoms with van der Waals surface area (Å²) in [7, 11) is 0. The van der Waals surface area contributed by atoms with Crippen molar-refractivity contribution in [2.45, 2.75) is 20.4 Å². The molecule has 0 aliphatic carbocycles. The first-order chi connectivity index (χ1) is 11.9. The zero-order valence-corrected chi connectivity index (χ0v) is 15.8. The lowest BCUT2D eigenvalue weighted by Gasteiger charge is -2.23. The second-order valence-electron chi connectivity index (χ2n) is 5.59. The van der Waals surface area contributed by atoms with Crippen molar-refractivity contribution in [1.29, 1.82) is 0 Å². The number of anilines is 1. The van der Waals surface area contributed by atoms with Crippen LogP contribution in [-0.2, 0) is 6.54 Å². The molecule has 2 aromatic rings. The quantitative estimate of drug-likeness (QED) is 0.670. The molecule has 1 aromatic heterocycles. The Morgan fingerprint density at radius 2 is 2.08 bits per heavy atom. The molecule has 0 amide bonds. The topological polar surface area (TPSA) is 75.5 Å². The summed E-state index contributed by atoms with van der Waals surface area (Å²) in [6.07, 6.45) is 0. The molecule has 0 spiro atoms. The molecule has 0 aliphatic heterocycles. The Hall–Kier alpha value is -2.41.